The van der Waals surface area contributed by atoms with E-state index in [1.165, 1.54) is 0 Å². The molecule has 0 amide bonds. The molecule has 3 N–H and O–H groups in total. The van der Waals surface area contributed by atoms with Crippen LogP contribution >= 0.6 is 12.2 Å². The first-order valence-corrected chi connectivity index (χ1v) is 6.77. The average Bonchev–Trinajstić information content (AvgIpc) is 2.36. The molecule has 1 aromatic heterocycles. The molecule has 1 atom stereocenters. The zero-order valence-corrected chi connectivity index (χ0v) is 11.7. The molecule has 1 unspecified atom stereocenters. The first-order chi connectivity index (χ1) is 9.52. The van der Waals surface area contributed by atoms with Gasteiger partial charge in [-0.25, -0.2) is 0 Å². The lowest BCUT2D eigenvalue weighted by Gasteiger charge is -2.19. The van der Waals surface area contributed by atoms with Gasteiger partial charge in [-0.05, 0) is 42.8 Å². The fraction of sp³-hybridized carbons (Fsp3) is 0.286. The Morgan fingerprint density at radius 1 is 1.45 bits per heavy atom. The maximum absolute atomic E-state index is 11.9. The molecule has 1 aromatic carbocycles. The van der Waals surface area contributed by atoms with E-state index in [0.717, 1.165) is 11.1 Å². The van der Waals surface area contributed by atoms with E-state index in [1.807, 2.05) is 18.2 Å². The average molecular weight is 290 g/mol. The minimum absolute atomic E-state index is 0.227. The summed E-state index contributed by atoms with van der Waals surface area (Å²) in [5.41, 5.74) is 2.27. The number of fused-ring (bicyclic) bond motifs is 2. The number of ether oxygens (including phenoxy) is 1. The highest BCUT2D eigenvalue weighted by atomic mass is 32.1. The standard InChI is InChI=1S/C14H14N2O3S/c1-7(17)4-8-2-3-11-9(5-8)6-10-12(18)15-14(20)16-13(10)19-11/h2-3,5,7,17H,4,6H2,1H3,(H2,15,16,18,20). The van der Waals surface area contributed by atoms with E-state index in [2.05, 4.69) is 9.97 Å². The van der Waals surface area contributed by atoms with Crippen LogP contribution in [0.5, 0.6) is 11.6 Å². The van der Waals surface area contributed by atoms with Gasteiger partial charge in [0.15, 0.2) is 4.77 Å². The van der Waals surface area contributed by atoms with Gasteiger partial charge in [-0.15, -0.1) is 0 Å². The molecule has 5 nitrogen and oxygen atoms in total. The van der Waals surface area contributed by atoms with Crippen molar-refractivity contribution in [3.63, 3.8) is 0 Å². The van der Waals surface area contributed by atoms with E-state index in [0.29, 0.717) is 30.0 Å². The van der Waals surface area contributed by atoms with Crippen LogP contribution in [0.2, 0.25) is 0 Å². The van der Waals surface area contributed by atoms with Gasteiger partial charge in [-0.1, -0.05) is 12.1 Å². The summed E-state index contributed by atoms with van der Waals surface area (Å²) in [7, 11) is 0. The SMILES string of the molecule is CC(O)Cc1ccc2c(c1)Cc1c([nH]c(=S)[nH]c1=O)O2. The fourth-order valence-electron chi connectivity index (χ4n) is 2.38. The summed E-state index contributed by atoms with van der Waals surface area (Å²) in [5, 5.41) is 9.44. The first-order valence-electron chi connectivity index (χ1n) is 6.36. The van der Waals surface area contributed by atoms with Crippen LogP contribution in [-0.2, 0) is 12.8 Å². The summed E-state index contributed by atoms with van der Waals surface area (Å²) < 4.78 is 5.95. The Balaban J connectivity index is 2.02. The molecular weight excluding hydrogens is 276 g/mol. The molecule has 6 heteroatoms. The van der Waals surface area contributed by atoms with Crippen molar-refractivity contribution >= 4 is 12.2 Å². The molecule has 104 valence electrons. The van der Waals surface area contributed by atoms with Crippen molar-refractivity contribution in [1.82, 2.24) is 9.97 Å². The molecule has 0 radical (unpaired) electrons. The Kier molecular flexibility index (Phi) is 3.19. The van der Waals surface area contributed by atoms with Crippen molar-refractivity contribution in [1.29, 1.82) is 0 Å². The highest BCUT2D eigenvalue weighted by Crippen LogP contribution is 2.33. The molecule has 1 aliphatic rings. The fourth-order valence-corrected chi connectivity index (χ4v) is 2.56. The molecular formula is C14H14N2O3S. The third-order valence-corrected chi connectivity index (χ3v) is 3.44. The Labute approximate surface area is 120 Å². The number of aliphatic hydroxyl groups excluding tert-OH is 1. The summed E-state index contributed by atoms with van der Waals surface area (Å²) >= 11 is 4.93. The number of rotatable bonds is 2. The van der Waals surface area contributed by atoms with Gasteiger partial charge < -0.3 is 14.8 Å². The normalized spacial score (nSPS) is 14.1. The van der Waals surface area contributed by atoms with Gasteiger partial charge in [0, 0.05) is 6.42 Å². The molecule has 1 aliphatic heterocycles. The number of hydrogen-bond acceptors (Lipinski definition) is 4. The number of H-pyrrole nitrogens is 2. The molecule has 0 fully saturated rings. The van der Waals surface area contributed by atoms with Crippen molar-refractivity contribution in [3.05, 3.63) is 50.0 Å². The molecule has 3 rings (SSSR count). The lowest BCUT2D eigenvalue weighted by Crippen LogP contribution is -2.19. The smallest absolute Gasteiger partial charge is 0.259 e. The Hall–Kier alpha value is -1.92. The molecule has 2 heterocycles. The monoisotopic (exact) mass is 290 g/mol. The van der Waals surface area contributed by atoms with Crippen molar-refractivity contribution in [2.24, 2.45) is 0 Å². The number of aromatic nitrogens is 2. The zero-order valence-electron chi connectivity index (χ0n) is 10.9. The van der Waals surface area contributed by atoms with Crippen LogP contribution in [0.3, 0.4) is 0 Å². The van der Waals surface area contributed by atoms with Crippen LogP contribution in [0.15, 0.2) is 23.0 Å². The van der Waals surface area contributed by atoms with Crippen molar-refractivity contribution in [2.45, 2.75) is 25.9 Å². The molecule has 0 saturated carbocycles. The third kappa shape index (κ3) is 2.39. The number of hydrogen-bond donors (Lipinski definition) is 3. The van der Waals surface area contributed by atoms with Crippen LogP contribution in [0.1, 0.15) is 23.6 Å². The molecule has 0 bridgehead atoms. The summed E-state index contributed by atoms with van der Waals surface area (Å²) in [5.74, 6) is 1.12. The van der Waals surface area contributed by atoms with Crippen LogP contribution < -0.4 is 10.3 Å². The number of aromatic amines is 2. The lowest BCUT2D eigenvalue weighted by molar-refractivity contribution is 0.195. The first kappa shape index (κ1) is 13.1. The van der Waals surface area contributed by atoms with Crippen molar-refractivity contribution in [3.8, 4) is 11.6 Å². The summed E-state index contributed by atoms with van der Waals surface area (Å²) in [6, 6.07) is 5.73. The lowest BCUT2D eigenvalue weighted by atomic mass is 9.99. The Bertz CT molecular complexity index is 777. The van der Waals surface area contributed by atoms with Gasteiger partial charge >= 0.3 is 0 Å². The van der Waals surface area contributed by atoms with Gasteiger partial charge in [0.2, 0.25) is 5.88 Å². The van der Waals surface area contributed by atoms with E-state index < -0.39 is 6.10 Å². The van der Waals surface area contributed by atoms with Gasteiger partial charge in [-0.3, -0.25) is 9.78 Å². The second-order valence-electron chi connectivity index (χ2n) is 4.99. The highest BCUT2D eigenvalue weighted by molar-refractivity contribution is 7.71. The summed E-state index contributed by atoms with van der Waals surface area (Å²) in [4.78, 5) is 17.3. The Morgan fingerprint density at radius 3 is 3.00 bits per heavy atom. The molecule has 0 spiro atoms. The van der Waals surface area contributed by atoms with Gasteiger partial charge in [0.1, 0.15) is 5.75 Å². The predicted octanol–water partition coefficient (Wildman–Crippen LogP) is 2.05. The second kappa shape index (κ2) is 4.88. The molecule has 20 heavy (non-hydrogen) atoms. The van der Waals surface area contributed by atoms with Crippen LogP contribution in [0, 0.1) is 4.77 Å². The van der Waals surface area contributed by atoms with Gasteiger partial charge in [-0.2, -0.15) is 0 Å². The maximum Gasteiger partial charge on any atom is 0.259 e. The second-order valence-corrected chi connectivity index (χ2v) is 5.40. The van der Waals surface area contributed by atoms with Crippen molar-refractivity contribution in [2.75, 3.05) is 0 Å². The number of aliphatic hydroxyl groups is 1. The van der Waals surface area contributed by atoms with E-state index in [-0.39, 0.29) is 10.3 Å². The molecule has 2 aromatic rings. The third-order valence-electron chi connectivity index (χ3n) is 3.24. The van der Waals surface area contributed by atoms with E-state index in [1.54, 1.807) is 6.92 Å². The summed E-state index contributed by atoms with van der Waals surface area (Å²) in [6.07, 6.45) is 0.664. The largest absolute Gasteiger partial charge is 0.440 e. The minimum Gasteiger partial charge on any atom is -0.440 e. The Morgan fingerprint density at radius 2 is 2.25 bits per heavy atom. The van der Waals surface area contributed by atoms with E-state index in [4.69, 9.17) is 17.0 Å². The zero-order chi connectivity index (χ0) is 14.3. The van der Waals surface area contributed by atoms with Crippen LogP contribution in [-0.4, -0.2) is 21.2 Å². The highest BCUT2D eigenvalue weighted by Gasteiger charge is 2.20. The molecule has 0 aliphatic carbocycles. The van der Waals surface area contributed by atoms with Crippen LogP contribution in [0.25, 0.3) is 0 Å². The number of benzene rings is 1. The minimum atomic E-state index is -0.399. The van der Waals surface area contributed by atoms with Crippen molar-refractivity contribution < 1.29 is 9.84 Å². The predicted molar refractivity (Wildman–Crippen MR) is 77.0 cm³/mol. The maximum atomic E-state index is 11.9. The van der Waals surface area contributed by atoms with Gasteiger partial charge in [0.25, 0.3) is 5.56 Å². The molecule has 0 saturated heterocycles. The summed E-state index contributed by atoms with van der Waals surface area (Å²) in [6.45, 7) is 1.75. The number of nitrogens with one attached hydrogen (secondary N) is 2. The van der Waals surface area contributed by atoms with E-state index in [9.17, 15) is 9.90 Å². The van der Waals surface area contributed by atoms with E-state index >= 15 is 0 Å². The van der Waals surface area contributed by atoms with Gasteiger partial charge in [0.05, 0.1) is 11.7 Å². The quantitative estimate of drug-likeness (QED) is 0.631. The topological polar surface area (TPSA) is 78.1 Å². The van der Waals surface area contributed by atoms with Crippen LogP contribution in [0.4, 0.5) is 0 Å².